The monoisotopic (exact) mass is 433 g/mol. The number of nitrogens with zero attached hydrogens (tertiary/aromatic N) is 2. The number of fused-ring (bicyclic) bond motifs is 1. The summed E-state index contributed by atoms with van der Waals surface area (Å²) in [7, 11) is 3.19. The highest BCUT2D eigenvalue weighted by Gasteiger charge is 2.26. The van der Waals surface area contributed by atoms with Gasteiger partial charge in [0.2, 0.25) is 5.91 Å². The second-order valence-corrected chi connectivity index (χ2v) is 7.91. The number of carbonyl (C=O) groups excluding carboxylic acids is 2. The molecule has 0 atom stereocenters. The Morgan fingerprint density at radius 1 is 1.00 bits per heavy atom. The summed E-state index contributed by atoms with van der Waals surface area (Å²) in [6, 6.07) is 15.3. The minimum Gasteiger partial charge on any atom is -0.493 e. The lowest BCUT2D eigenvalue weighted by Crippen LogP contribution is -2.46. The van der Waals surface area contributed by atoms with Crippen LogP contribution in [-0.4, -0.2) is 55.0 Å². The first kappa shape index (κ1) is 21.6. The number of pyridine rings is 1. The summed E-state index contributed by atoms with van der Waals surface area (Å²) in [6.45, 7) is 2.73. The Morgan fingerprint density at radius 3 is 2.41 bits per heavy atom. The Kier molecular flexibility index (Phi) is 6.25. The van der Waals surface area contributed by atoms with Gasteiger partial charge in [-0.1, -0.05) is 18.2 Å². The summed E-state index contributed by atoms with van der Waals surface area (Å²) in [5, 5.41) is 3.78. The van der Waals surface area contributed by atoms with Crippen LogP contribution in [0.1, 0.15) is 30.1 Å². The van der Waals surface area contributed by atoms with E-state index in [0.717, 1.165) is 29.3 Å². The highest BCUT2D eigenvalue weighted by atomic mass is 16.5. The third kappa shape index (κ3) is 4.37. The van der Waals surface area contributed by atoms with E-state index in [0.29, 0.717) is 35.8 Å². The third-order valence-electron chi connectivity index (χ3n) is 5.82. The molecule has 166 valence electrons. The largest absolute Gasteiger partial charge is 0.493 e. The Labute approximate surface area is 187 Å². The fraction of sp³-hybridized carbons (Fsp3) is 0.320. The normalized spacial score (nSPS) is 14.3. The van der Waals surface area contributed by atoms with Gasteiger partial charge in [-0.3, -0.25) is 9.59 Å². The topological polar surface area (TPSA) is 80.8 Å². The average Bonchev–Trinajstić information content (AvgIpc) is 2.82. The molecule has 2 heterocycles. The summed E-state index contributed by atoms with van der Waals surface area (Å²) in [5.74, 6) is 1.18. The number of hydrogen-bond acceptors (Lipinski definition) is 5. The van der Waals surface area contributed by atoms with Crippen molar-refractivity contribution in [2.75, 3.05) is 27.3 Å². The van der Waals surface area contributed by atoms with Crippen LogP contribution in [-0.2, 0) is 4.79 Å². The van der Waals surface area contributed by atoms with Gasteiger partial charge < -0.3 is 19.7 Å². The van der Waals surface area contributed by atoms with Crippen molar-refractivity contribution in [3.63, 3.8) is 0 Å². The van der Waals surface area contributed by atoms with E-state index >= 15 is 0 Å². The zero-order chi connectivity index (χ0) is 22.7. The van der Waals surface area contributed by atoms with Gasteiger partial charge in [-0.2, -0.15) is 0 Å². The molecular formula is C25H27N3O4. The van der Waals surface area contributed by atoms with Gasteiger partial charge in [-0.05, 0) is 43.2 Å². The Hall–Kier alpha value is -3.61. The number of benzene rings is 2. The molecule has 2 aromatic carbocycles. The van der Waals surface area contributed by atoms with Crippen molar-refractivity contribution in [2.24, 2.45) is 0 Å². The van der Waals surface area contributed by atoms with Crippen molar-refractivity contribution >= 4 is 22.7 Å². The van der Waals surface area contributed by atoms with Gasteiger partial charge in [0.1, 0.15) is 0 Å². The summed E-state index contributed by atoms with van der Waals surface area (Å²) in [6.07, 6.45) is 1.49. The number of aromatic nitrogens is 1. The zero-order valence-electron chi connectivity index (χ0n) is 18.6. The maximum Gasteiger partial charge on any atom is 0.254 e. The van der Waals surface area contributed by atoms with Gasteiger partial charge in [0.25, 0.3) is 5.91 Å². The zero-order valence-corrected chi connectivity index (χ0v) is 18.6. The molecule has 32 heavy (non-hydrogen) atoms. The molecule has 7 nitrogen and oxygen atoms in total. The molecule has 0 bridgehead atoms. The molecule has 0 radical (unpaired) electrons. The molecule has 1 N–H and O–H groups in total. The SMILES string of the molecule is COc1ccc(-c2cc(C(=O)N3CCC(NC(C)=O)CC3)c3ccccc3n2)cc1OC. The van der Waals surface area contributed by atoms with Gasteiger partial charge in [-0.25, -0.2) is 4.98 Å². The Bertz CT molecular complexity index is 1150. The van der Waals surface area contributed by atoms with E-state index in [9.17, 15) is 9.59 Å². The number of para-hydroxylation sites is 1. The molecule has 2 amide bonds. The first-order valence-electron chi connectivity index (χ1n) is 10.7. The molecule has 1 aliphatic heterocycles. The Morgan fingerprint density at radius 2 is 1.72 bits per heavy atom. The van der Waals surface area contributed by atoms with Crippen molar-refractivity contribution in [2.45, 2.75) is 25.8 Å². The van der Waals surface area contributed by atoms with E-state index in [1.165, 1.54) is 6.92 Å². The fourth-order valence-corrected chi connectivity index (χ4v) is 4.18. The van der Waals surface area contributed by atoms with Crippen LogP contribution in [0.15, 0.2) is 48.5 Å². The standard InChI is InChI=1S/C25H27N3O4/c1-16(29)26-18-10-12-28(13-11-18)25(30)20-15-22(27-21-7-5-4-6-19(20)21)17-8-9-23(31-2)24(14-17)32-3/h4-9,14-15,18H,10-13H2,1-3H3,(H,26,29). The lowest BCUT2D eigenvalue weighted by Gasteiger charge is -2.32. The minimum absolute atomic E-state index is 0.0217. The lowest BCUT2D eigenvalue weighted by molar-refractivity contribution is -0.119. The lowest BCUT2D eigenvalue weighted by atomic mass is 10.0. The molecule has 0 spiro atoms. The first-order valence-corrected chi connectivity index (χ1v) is 10.7. The minimum atomic E-state index is -0.0329. The number of amides is 2. The second-order valence-electron chi connectivity index (χ2n) is 7.91. The molecule has 1 fully saturated rings. The van der Waals surface area contributed by atoms with Gasteiger partial charge in [0, 0.05) is 37.0 Å². The molecule has 1 aromatic heterocycles. The highest BCUT2D eigenvalue weighted by molar-refractivity contribution is 6.07. The predicted molar refractivity (Wildman–Crippen MR) is 123 cm³/mol. The maximum atomic E-state index is 13.5. The first-order chi connectivity index (χ1) is 15.5. The number of hydrogen-bond donors (Lipinski definition) is 1. The van der Waals surface area contributed by atoms with Crippen molar-refractivity contribution in [3.05, 3.63) is 54.1 Å². The number of carbonyl (C=O) groups is 2. The van der Waals surface area contributed by atoms with E-state index in [2.05, 4.69) is 5.32 Å². The number of ether oxygens (including phenoxy) is 2. The fourth-order valence-electron chi connectivity index (χ4n) is 4.18. The van der Waals surface area contributed by atoms with E-state index in [-0.39, 0.29) is 17.9 Å². The van der Waals surface area contributed by atoms with Crippen LogP contribution in [0.3, 0.4) is 0 Å². The number of piperidine rings is 1. The van der Waals surface area contributed by atoms with E-state index < -0.39 is 0 Å². The predicted octanol–water partition coefficient (Wildman–Crippen LogP) is 3.66. The summed E-state index contributed by atoms with van der Waals surface area (Å²) >= 11 is 0. The smallest absolute Gasteiger partial charge is 0.254 e. The van der Waals surface area contributed by atoms with Crippen molar-refractivity contribution < 1.29 is 19.1 Å². The van der Waals surface area contributed by atoms with E-state index in [1.54, 1.807) is 14.2 Å². The van der Waals surface area contributed by atoms with Crippen LogP contribution >= 0.6 is 0 Å². The quantitative estimate of drug-likeness (QED) is 0.664. The molecule has 0 aliphatic carbocycles. The molecule has 0 unspecified atom stereocenters. The Balaban J connectivity index is 1.69. The maximum absolute atomic E-state index is 13.5. The average molecular weight is 434 g/mol. The summed E-state index contributed by atoms with van der Waals surface area (Å²) < 4.78 is 10.8. The molecular weight excluding hydrogens is 406 g/mol. The third-order valence-corrected chi connectivity index (χ3v) is 5.82. The number of rotatable bonds is 5. The molecule has 7 heteroatoms. The molecule has 1 aliphatic rings. The van der Waals surface area contributed by atoms with Gasteiger partial charge in [0.15, 0.2) is 11.5 Å². The highest BCUT2D eigenvalue weighted by Crippen LogP contribution is 2.33. The van der Waals surface area contributed by atoms with Gasteiger partial charge in [-0.15, -0.1) is 0 Å². The van der Waals surface area contributed by atoms with Crippen molar-refractivity contribution in [3.8, 4) is 22.8 Å². The number of nitrogens with one attached hydrogen (secondary N) is 1. The number of methoxy groups -OCH3 is 2. The molecule has 3 aromatic rings. The number of likely N-dealkylation sites (tertiary alicyclic amines) is 1. The second kappa shape index (κ2) is 9.26. The van der Waals surface area contributed by atoms with Crippen LogP contribution < -0.4 is 14.8 Å². The van der Waals surface area contributed by atoms with Crippen molar-refractivity contribution in [1.82, 2.24) is 15.2 Å². The van der Waals surface area contributed by atoms with Crippen LogP contribution in [0.2, 0.25) is 0 Å². The van der Waals surface area contributed by atoms with E-state index in [4.69, 9.17) is 14.5 Å². The molecule has 0 saturated carbocycles. The van der Waals surface area contributed by atoms with Crippen LogP contribution in [0.4, 0.5) is 0 Å². The molecule has 1 saturated heterocycles. The van der Waals surface area contributed by atoms with Gasteiger partial charge >= 0.3 is 0 Å². The molecule has 4 rings (SSSR count). The van der Waals surface area contributed by atoms with Crippen LogP contribution in [0, 0.1) is 0 Å². The summed E-state index contributed by atoms with van der Waals surface area (Å²) in [5.41, 5.74) is 2.92. The van der Waals surface area contributed by atoms with E-state index in [1.807, 2.05) is 53.4 Å². The van der Waals surface area contributed by atoms with Crippen molar-refractivity contribution in [1.29, 1.82) is 0 Å². The van der Waals surface area contributed by atoms with Crippen LogP contribution in [0.25, 0.3) is 22.2 Å². The van der Waals surface area contributed by atoms with Crippen LogP contribution in [0.5, 0.6) is 11.5 Å². The summed E-state index contributed by atoms with van der Waals surface area (Å²) in [4.78, 5) is 31.5. The van der Waals surface area contributed by atoms with Gasteiger partial charge in [0.05, 0.1) is 31.0 Å².